The number of thioether (sulfide) groups is 1. The molecule has 2 amide bonds. The molecule has 0 radical (unpaired) electrons. The lowest BCUT2D eigenvalue weighted by Gasteiger charge is -2.03. The summed E-state index contributed by atoms with van der Waals surface area (Å²) in [7, 11) is 0. The van der Waals surface area contributed by atoms with Gasteiger partial charge in [0.2, 0.25) is 5.91 Å². The van der Waals surface area contributed by atoms with Crippen molar-refractivity contribution in [3.8, 4) is 5.69 Å². The van der Waals surface area contributed by atoms with Gasteiger partial charge in [0, 0.05) is 6.20 Å². The predicted octanol–water partition coefficient (Wildman–Crippen LogP) is 3.12. The molecule has 3 N–H and O–H groups in total. The van der Waals surface area contributed by atoms with Gasteiger partial charge < -0.3 is 5.73 Å². The van der Waals surface area contributed by atoms with Crippen molar-refractivity contribution < 1.29 is 9.59 Å². The van der Waals surface area contributed by atoms with Crippen LogP contribution in [0.15, 0.2) is 40.7 Å². The zero-order chi connectivity index (χ0) is 18.7. The molecule has 0 aliphatic rings. The van der Waals surface area contributed by atoms with E-state index in [1.165, 1.54) is 23.1 Å². The van der Waals surface area contributed by atoms with Gasteiger partial charge in [0.1, 0.15) is 0 Å². The number of carbonyl (C=O) groups excluding carboxylic acids is 2. The van der Waals surface area contributed by atoms with Crippen LogP contribution in [0.25, 0.3) is 5.69 Å². The zero-order valence-corrected chi connectivity index (χ0v) is 16.0. The van der Waals surface area contributed by atoms with Crippen LogP contribution < -0.4 is 11.1 Å². The van der Waals surface area contributed by atoms with Gasteiger partial charge in [-0.1, -0.05) is 35.1 Å². The number of thiazole rings is 1. The van der Waals surface area contributed by atoms with E-state index in [1.807, 2.05) is 25.1 Å². The molecule has 10 heteroatoms. The van der Waals surface area contributed by atoms with Crippen LogP contribution in [0.4, 0.5) is 5.13 Å². The van der Waals surface area contributed by atoms with Crippen LogP contribution in [0.2, 0.25) is 5.02 Å². The lowest BCUT2D eigenvalue weighted by atomic mass is 10.3. The number of hydrogen-bond acceptors (Lipinski definition) is 6. The Balaban J connectivity index is 1.72. The number of anilines is 1. The fraction of sp³-hybridized carbons (Fsp3) is 0.125. The van der Waals surface area contributed by atoms with Gasteiger partial charge >= 0.3 is 0 Å². The van der Waals surface area contributed by atoms with Crippen LogP contribution in [-0.2, 0) is 4.79 Å². The minimum absolute atomic E-state index is 0.165. The molecular formula is C16H14ClN5O2S2. The highest BCUT2D eigenvalue weighted by molar-refractivity contribution is 8.01. The van der Waals surface area contributed by atoms with Crippen LogP contribution in [-0.4, -0.2) is 32.3 Å². The monoisotopic (exact) mass is 407 g/mol. The highest BCUT2D eigenvalue weighted by Crippen LogP contribution is 2.32. The summed E-state index contributed by atoms with van der Waals surface area (Å²) in [6.45, 7) is 1.81. The molecule has 134 valence electrons. The molecule has 2 heterocycles. The Kier molecular flexibility index (Phi) is 5.60. The molecule has 0 aliphatic heterocycles. The number of primary amides is 1. The maximum Gasteiger partial charge on any atom is 0.277 e. The van der Waals surface area contributed by atoms with Crippen molar-refractivity contribution in [3.05, 3.63) is 52.9 Å². The molecule has 2 aromatic heterocycles. The second kappa shape index (κ2) is 7.90. The molecule has 0 saturated carbocycles. The number of amides is 2. The van der Waals surface area contributed by atoms with Gasteiger partial charge in [0.05, 0.1) is 26.4 Å². The van der Waals surface area contributed by atoms with Crippen molar-refractivity contribution in [3.63, 3.8) is 0 Å². The van der Waals surface area contributed by atoms with E-state index in [0.717, 1.165) is 9.90 Å². The largest absolute Gasteiger partial charge is 0.369 e. The van der Waals surface area contributed by atoms with Crippen molar-refractivity contribution in [2.24, 2.45) is 5.73 Å². The zero-order valence-electron chi connectivity index (χ0n) is 13.6. The number of hydrogen-bond donors (Lipinski definition) is 2. The number of nitrogens with one attached hydrogen (secondary N) is 1. The second-order valence-electron chi connectivity index (χ2n) is 5.20. The van der Waals surface area contributed by atoms with Gasteiger partial charge in [-0.05, 0) is 25.1 Å². The fourth-order valence-corrected chi connectivity index (χ4v) is 4.18. The SMILES string of the molecule is Cc1nc(NC(=O)c2ccn(-c3ccccc3Cl)n2)sc1SCC(N)=O. The number of rotatable bonds is 6. The van der Waals surface area contributed by atoms with Crippen molar-refractivity contribution in [1.82, 2.24) is 14.8 Å². The number of halogens is 1. The molecule has 0 fully saturated rings. The van der Waals surface area contributed by atoms with Crippen LogP contribution in [0.1, 0.15) is 16.2 Å². The number of nitrogens with two attached hydrogens (primary N) is 1. The third-order valence-corrected chi connectivity index (χ3v) is 6.02. The summed E-state index contributed by atoms with van der Waals surface area (Å²) >= 11 is 8.73. The van der Waals surface area contributed by atoms with Gasteiger partial charge in [-0.3, -0.25) is 14.9 Å². The summed E-state index contributed by atoms with van der Waals surface area (Å²) in [6.07, 6.45) is 1.66. The molecule has 0 spiro atoms. The Bertz CT molecular complexity index is 969. The molecule has 0 atom stereocenters. The third-order valence-electron chi connectivity index (χ3n) is 3.24. The lowest BCUT2D eigenvalue weighted by Crippen LogP contribution is -2.13. The molecule has 7 nitrogen and oxygen atoms in total. The van der Waals surface area contributed by atoms with Crippen molar-refractivity contribution in [2.45, 2.75) is 11.1 Å². The Morgan fingerprint density at radius 2 is 2.12 bits per heavy atom. The number of aryl methyl sites for hydroxylation is 1. The fourth-order valence-electron chi connectivity index (χ4n) is 2.08. The van der Waals surface area contributed by atoms with E-state index in [9.17, 15) is 9.59 Å². The van der Waals surface area contributed by atoms with E-state index in [0.29, 0.717) is 15.8 Å². The first-order valence-corrected chi connectivity index (χ1v) is 9.62. The highest BCUT2D eigenvalue weighted by atomic mass is 35.5. The first kappa shape index (κ1) is 18.4. The van der Waals surface area contributed by atoms with Crippen LogP contribution in [0.3, 0.4) is 0 Å². The van der Waals surface area contributed by atoms with E-state index in [2.05, 4.69) is 15.4 Å². The number of para-hydroxylation sites is 1. The number of benzene rings is 1. The summed E-state index contributed by atoms with van der Waals surface area (Å²) in [5.41, 5.74) is 6.81. The van der Waals surface area contributed by atoms with E-state index >= 15 is 0 Å². The summed E-state index contributed by atoms with van der Waals surface area (Å²) in [5.74, 6) is -0.618. The maximum absolute atomic E-state index is 12.4. The van der Waals surface area contributed by atoms with Crippen LogP contribution >= 0.6 is 34.7 Å². The Labute approximate surface area is 162 Å². The minimum Gasteiger partial charge on any atom is -0.369 e. The predicted molar refractivity (Wildman–Crippen MR) is 103 cm³/mol. The van der Waals surface area contributed by atoms with Gasteiger partial charge in [0.25, 0.3) is 5.91 Å². The molecule has 0 bridgehead atoms. The van der Waals surface area contributed by atoms with Gasteiger partial charge in [-0.15, -0.1) is 11.8 Å². The normalized spacial score (nSPS) is 10.7. The quantitative estimate of drug-likeness (QED) is 0.611. The summed E-state index contributed by atoms with van der Waals surface area (Å²) < 4.78 is 2.37. The topological polar surface area (TPSA) is 103 Å². The average Bonchev–Trinajstić information content (AvgIpc) is 3.20. The summed E-state index contributed by atoms with van der Waals surface area (Å²) in [5, 5.41) is 7.95. The van der Waals surface area contributed by atoms with Crippen LogP contribution in [0, 0.1) is 6.92 Å². The Morgan fingerprint density at radius 3 is 2.85 bits per heavy atom. The van der Waals surface area contributed by atoms with Gasteiger partial charge in [0.15, 0.2) is 10.8 Å². The average molecular weight is 408 g/mol. The summed E-state index contributed by atoms with van der Waals surface area (Å²) in [4.78, 5) is 27.6. The molecule has 0 aliphatic carbocycles. The van der Waals surface area contributed by atoms with Crippen molar-refractivity contribution >= 4 is 51.6 Å². The number of nitrogens with zero attached hydrogens (tertiary/aromatic N) is 3. The minimum atomic E-state index is -0.404. The smallest absolute Gasteiger partial charge is 0.277 e. The first-order valence-electron chi connectivity index (χ1n) is 7.44. The van der Waals surface area contributed by atoms with Crippen molar-refractivity contribution in [1.29, 1.82) is 0 Å². The second-order valence-corrected chi connectivity index (χ2v) is 7.85. The van der Waals surface area contributed by atoms with Gasteiger partial charge in [-0.2, -0.15) is 5.10 Å². The Morgan fingerprint density at radius 1 is 1.35 bits per heavy atom. The molecule has 1 aromatic carbocycles. The third kappa shape index (κ3) is 4.24. The molecule has 26 heavy (non-hydrogen) atoms. The molecular weight excluding hydrogens is 394 g/mol. The number of aromatic nitrogens is 3. The molecule has 3 aromatic rings. The standard InChI is InChI=1S/C16H14ClN5O2S2/c1-9-15(25-8-13(18)23)26-16(19-9)20-14(24)11-6-7-22(21-11)12-5-3-2-4-10(12)17/h2-7H,8H2,1H3,(H2,18,23)(H,19,20,24). The van der Waals surface area contributed by atoms with E-state index in [-0.39, 0.29) is 17.4 Å². The van der Waals surface area contributed by atoms with Crippen molar-refractivity contribution in [2.75, 3.05) is 11.1 Å². The first-order chi connectivity index (χ1) is 12.4. The summed E-state index contributed by atoms with van der Waals surface area (Å²) in [6, 6.07) is 8.82. The number of carbonyl (C=O) groups is 2. The molecule has 0 saturated heterocycles. The lowest BCUT2D eigenvalue weighted by molar-refractivity contribution is -0.115. The van der Waals surface area contributed by atoms with Crippen LogP contribution in [0.5, 0.6) is 0 Å². The highest BCUT2D eigenvalue weighted by Gasteiger charge is 2.15. The van der Waals surface area contributed by atoms with E-state index in [4.69, 9.17) is 17.3 Å². The molecule has 0 unspecified atom stereocenters. The van der Waals surface area contributed by atoms with E-state index < -0.39 is 5.91 Å². The van der Waals surface area contributed by atoms with Gasteiger partial charge in [-0.25, -0.2) is 9.67 Å². The Hall–Kier alpha value is -2.36. The molecule has 3 rings (SSSR count). The maximum atomic E-state index is 12.4. The van der Waals surface area contributed by atoms with E-state index in [1.54, 1.807) is 23.0 Å².